The van der Waals surface area contributed by atoms with E-state index in [0.717, 1.165) is 12.8 Å². The fraction of sp³-hybridized carbons (Fsp3) is 0.500. The van der Waals surface area contributed by atoms with Crippen molar-refractivity contribution in [3.63, 3.8) is 0 Å². The van der Waals surface area contributed by atoms with E-state index in [1.54, 1.807) is 17.3 Å². The maximum absolute atomic E-state index is 12.6. The van der Waals surface area contributed by atoms with E-state index in [1.165, 1.54) is 18.9 Å². The molecule has 0 radical (unpaired) electrons. The van der Waals surface area contributed by atoms with Crippen LogP contribution in [0.5, 0.6) is 5.88 Å². The molecule has 28 heavy (non-hydrogen) atoms. The molecule has 1 aliphatic heterocycles. The Morgan fingerprint density at radius 3 is 2.79 bits per heavy atom. The molecule has 2 aliphatic rings. The Morgan fingerprint density at radius 2 is 2.11 bits per heavy atom. The first-order valence-corrected chi connectivity index (χ1v) is 9.78. The van der Waals surface area contributed by atoms with Gasteiger partial charge in [-0.15, -0.1) is 0 Å². The van der Waals surface area contributed by atoms with Crippen molar-refractivity contribution in [3.8, 4) is 5.88 Å². The average Bonchev–Trinajstić information content (AvgIpc) is 3.48. The highest BCUT2D eigenvalue weighted by molar-refractivity contribution is 6.04. The van der Waals surface area contributed by atoms with E-state index in [2.05, 4.69) is 26.8 Å². The minimum atomic E-state index is -0.145. The molecular weight excluding hydrogens is 358 g/mol. The lowest BCUT2D eigenvalue weighted by atomic mass is 10.1. The van der Waals surface area contributed by atoms with E-state index in [1.807, 2.05) is 6.92 Å². The van der Waals surface area contributed by atoms with Crippen molar-refractivity contribution in [2.75, 3.05) is 13.1 Å². The number of aromatic amines is 1. The lowest BCUT2D eigenvalue weighted by Gasteiger charge is -2.31. The van der Waals surface area contributed by atoms with Crippen LogP contribution in [-0.4, -0.2) is 56.9 Å². The summed E-state index contributed by atoms with van der Waals surface area (Å²) in [6, 6.07) is 0.160. The van der Waals surface area contributed by atoms with Gasteiger partial charge < -0.3 is 19.9 Å². The summed E-state index contributed by atoms with van der Waals surface area (Å²) in [5.41, 5.74) is 1.55. The zero-order valence-electron chi connectivity index (χ0n) is 16.0. The van der Waals surface area contributed by atoms with Crippen molar-refractivity contribution in [1.29, 1.82) is 0 Å². The summed E-state index contributed by atoms with van der Waals surface area (Å²) in [4.78, 5) is 37.9. The van der Waals surface area contributed by atoms with Crippen LogP contribution in [0.4, 0.5) is 0 Å². The molecule has 2 aromatic rings. The van der Waals surface area contributed by atoms with Gasteiger partial charge in [0.25, 0.3) is 5.91 Å². The Balaban J connectivity index is 1.43. The summed E-state index contributed by atoms with van der Waals surface area (Å²) in [6.07, 6.45) is 8.29. The summed E-state index contributed by atoms with van der Waals surface area (Å²) in [5.74, 6) is 0.777. The first-order valence-electron chi connectivity index (χ1n) is 9.78. The summed E-state index contributed by atoms with van der Waals surface area (Å²) in [6.45, 7) is 6.81. The second kappa shape index (κ2) is 7.61. The van der Waals surface area contributed by atoms with Crippen LogP contribution in [0.1, 0.15) is 43.0 Å². The Labute approximate surface area is 163 Å². The number of likely N-dealkylation sites (tertiary alicyclic amines) is 1. The average molecular weight is 383 g/mol. The second-order valence-corrected chi connectivity index (χ2v) is 7.55. The number of carbonyl (C=O) groups is 2. The number of H-pyrrole nitrogens is 1. The number of nitrogens with zero attached hydrogens (tertiary/aromatic N) is 3. The van der Waals surface area contributed by atoms with Gasteiger partial charge in [0, 0.05) is 38.2 Å². The maximum atomic E-state index is 12.6. The van der Waals surface area contributed by atoms with Crippen LogP contribution in [0.15, 0.2) is 25.0 Å². The van der Waals surface area contributed by atoms with Crippen molar-refractivity contribution in [2.24, 2.45) is 5.92 Å². The Morgan fingerprint density at radius 1 is 1.36 bits per heavy atom. The molecule has 8 nitrogen and oxygen atoms in total. The van der Waals surface area contributed by atoms with Gasteiger partial charge in [-0.25, -0.2) is 9.97 Å². The SMILES string of the molecule is C=CC(=O)N1CCC(Oc2cnc3[nH]cc(C(=O)N[C@H](C)C4CC4)c3n2)CC1. The highest BCUT2D eigenvalue weighted by Gasteiger charge is 2.30. The number of carbonyl (C=O) groups excluding carboxylic acids is 2. The van der Waals surface area contributed by atoms with Crippen molar-refractivity contribution in [2.45, 2.75) is 44.8 Å². The Bertz CT molecular complexity index is 896. The maximum Gasteiger partial charge on any atom is 0.255 e. The molecule has 1 saturated heterocycles. The van der Waals surface area contributed by atoms with Gasteiger partial charge in [0.2, 0.25) is 11.8 Å². The third kappa shape index (κ3) is 3.85. The standard InChI is InChI=1S/C20H25N5O3/c1-3-17(26)25-8-6-14(7-9-25)28-16-11-22-19-18(24-16)15(10-21-19)20(27)23-12(2)13-4-5-13/h3,10-14H,1,4-9H2,2H3,(H,21,22)(H,23,27)/t12-/m1/s1. The summed E-state index contributed by atoms with van der Waals surface area (Å²) in [7, 11) is 0. The monoisotopic (exact) mass is 383 g/mol. The summed E-state index contributed by atoms with van der Waals surface area (Å²) < 4.78 is 5.98. The lowest BCUT2D eigenvalue weighted by Crippen LogP contribution is -2.41. The highest BCUT2D eigenvalue weighted by Crippen LogP contribution is 2.32. The zero-order valence-corrected chi connectivity index (χ0v) is 16.0. The number of nitrogens with one attached hydrogen (secondary N) is 2. The van der Waals surface area contributed by atoms with Crippen molar-refractivity contribution in [1.82, 2.24) is 25.2 Å². The van der Waals surface area contributed by atoms with Gasteiger partial charge in [0.05, 0.1) is 11.8 Å². The van der Waals surface area contributed by atoms with Gasteiger partial charge in [0.15, 0.2) is 5.65 Å². The molecule has 2 amide bonds. The Hall–Kier alpha value is -2.90. The molecule has 8 heteroatoms. The largest absolute Gasteiger partial charge is 0.473 e. The number of rotatable bonds is 6. The molecule has 1 aliphatic carbocycles. The fourth-order valence-electron chi connectivity index (χ4n) is 3.60. The van der Waals surface area contributed by atoms with E-state index in [-0.39, 0.29) is 24.0 Å². The molecule has 1 atom stereocenters. The molecule has 0 unspecified atom stereocenters. The summed E-state index contributed by atoms with van der Waals surface area (Å²) in [5, 5.41) is 3.05. The van der Waals surface area contributed by atoms with Crippen LogP contribution in [0.3, 0.4) is 0 Å². The quantitative estimate of drug-likeness (QED) is 0.744. The molecule has 1 saturated carbocycles. The van der Waals surface area contributed by atoms with E-state index >= 15 is 0 Å². The minimum Gasteiger partial charge on any atom is -0.473 e. The van der Waals surface area contributed by atoms with Crippen molar-refractivity contribution < 1.29 is 14.3 Å². The zero-order chi connectivity index (χ0) is 19.7. The molecule has 0 aromatic carbocycles. The molecule has 2 N–H and O–H groups in total. The van der Waals surface area contributed by atoms with Crippen LogP contribution < -0.4 is 10.1 Å². The molecule has 148 valence electrons. The molecule has 0 bridgehead atoms. The van der Waals surface area contributed by atoms with Gasteiger partial charge in [-0.2, -0.15) is 0 Å². The van der Waals surface area contributed by atoms with E-state index < -0.39 is 0 Å². The van der Waals surface area contributed by atoms with Gasteiger partial charge in [-0.1, -0.05) is 6.58 Å². The molecule has 2 fully saturated rings. The number of ether oxygens (including phenoxy) is 1. The molecular formula is C20H25N5O3. The van der Waals surface area contributed by atoms with Crippen LogP contribution in [0, 0.1) is 5.92 Å². The highest BCUT2D eigenvalue weighted by atomic mass is 16.5. The number of fused-ring (bicyclic) bond motifs is 1. The molecule has 2 aromatic heterocycles. The van der Waals surface area contributed by atoms with Crippen molar-refractivity contribution >= 4 is 23.0 Å². The van der Waals surface area contributed by atoms with Gasteiger partial charge >= 0.3 is 0 Å². The topological polar surface area (TPSA) is 100 Å². The van der Waals surface area contributed by atoms with E-state index in [0.29, 0.717) is 41.6 Å². The van der Waals surface area contributed by atoms with E-state index in [4.69, 9.17) is 4.74 Å². The lowest BCUT2D eigenvalue weighted by molar-refractivity contribution is -0.127. The normalized spacial score (nSPS) is 18.7. The second-order valence-electron chi connectivity index (χ2n) is 7.55. The van der Waals surface area contributed by atoms with Crippen molar-refractivity contribution in [3.05, 3.63) is 30.6 Å². The smallest absolute Gasteiger partial charge is 0.255 e. The fourth-order valence-corrected chi connectivity index (χ4v) is 3.60. The van der Waals surface area contributed by atoms with Gasteiger partial charge in [-0.05, 0) is 31.8 Å². The summed E-state index contributed by atoms with van der Waals surface area (Å²) >= 11 is 0. The Kier molecular flexibility index (Phi) is 5.02. The predicted octanol–water partition coefficient (Wildman–Crippen LogP) is 2.04. The minimum absolute atomic E-state index is 0.0354. The van der Waals surface area contributed by atoms with Crippen LogP contribution in [0.2, 0.25) is 0 Å². The number of aromatic nitrogens is 3. The van der Waals surface area contributed by atoms with Gasteiger partial charge in [-0.3, -0.25) is 9.59 Å². The third-order valence-corrected chi connectivity index (χ3v) is 5.51. The number of amides is 2. The van der Waals surface area contributed by atoms with Crippen LogP contribution in [0.25, 0.3) is 11.2 Å². The van der Waals surface area contributed by atoms with E-state index in [9.17, 15) is 9.59 Å². The molecule has 0 spiro atoms. The van der Waals surface area contributed by atoms with Crippen LogP contribution >= 0.6 is 0 Å². The number of hydrogen-bond acceptors (Lipinski definition) is 5. The first kappa shape index (κ1) is 18.5. The number of hydrogen-bond donors (Lipinski definition) is 2. The number of piperidine rings is 1. The first-order chi connectivity index (χ1) is 13.5. The molecule has 3 heterocycles. The third-order valence-electron chi connectivity index (χ3n) is 5.51. The van der Waals surface area contributed by atoms with Crippen LogP contribution in [-0.2, 0) is 4.79 Å². The predicted molar refractivity (Wildman–Crippen MR) is 104 cm³/mol. The van der Waals surface area contributed by atoms with Gasteiger partial charge in [0.1, 0.15) is 11.6 Å². The molecule has 4 rings (SSSR count).